The van der Waals surface area contributed by atoms with E-state index >= 15 is 0 Å². The number of sulfonamides is 1. The van der Waals surface area contributed by atoms with E-state index in [1.54, 1.807) is 14.0 Å². The molecule has 1 saturated heterocycles. The van der Waals surface area contributed by atoms with Crippen molar-refractivity contribution in [2.75, 3.05) is 20.1 Å². The smallest absolute Gasteiger partial charge is 0.261 e. The van der Waals surface area contributed by atoms with Gasteiger partial charge in [0.25, 0.3) is 5.91 Å². The van der Waals surface area contributed by atoms with Crippen molar-refractivity contribution in [2.45, 2.75) is 24.2 Å². The number of thiophene rings is 1. The van der Waals surface area contributed by atoms with Crippen LogP contribution in [0, 0.1) is 12.7 Å². The molecule has 2 aromatic carbocycles. The average molecular weight is 433 g/mol. The summed E-state index contributed by atoms with van der Waals surface area (Å²) in [4.78, 5) is 13.2. The van der Waals surface area contributed by atoms with Crippen LogP contribution in [0.2, 0.25) is 0 Å². The number of nitrogens with zero attached hydrogens (tertiary/aromatic N) is 1. The Bertz CT molecular complexity index is 1200. The van der Waals surface area contributed by atoms with E-state index in [2.05, 4.69) is 5.32 Å². The summed E-state index contributed by atoms with van der Waals surface area (Å²) in [5, 5.41) is 3.69. The van der Waals surface area contributed by atoms with Crippen molar-refractivity contribution in [3.63, 3.8) is 0 Å². The number of carbonyl (C=O) groups is 1. The number of nitrogens with one attached hydrogen (secondary N) is 1. The van der Waals surface area contributed by atoms with Gasteiger partial charge in [0.2, 0.25) is 10.0 Å². The largest absolute Gasteiger partial charge is 0.354 e. The number of amides is 1. The second-order valence-electron chi connectivity index (χ2n) is 7.18. The molecule has 1 aliphatic heterocycles. The van der Waals surface area contributed by atoms with Gasteiger partial charge in [-0.1, -0.05) is 18.2 Å². The predicted octanol–water partition coefficient (Wildman–Crippen LogP) is 3.89. The predicted molar refractivity (Wildman–Crippen MR) is 112 cm³/mol. The number of carbonyl (C=O) groups excluding carboxylic acids is 1. The number of halogens is 1. The van der Waals surface area contributed by atoms with Crippen molar-refractivity contribution < 1.29 is 17.6 Å². The molecule has 1 aromatic heterocycles. The average Bonchev–Trinajstić information content (AvgIpc) is 3.32. The Balaban J connectivity index is 1.71. The van der Waals surface area contributed by atoms with Gasteiger partial charge in [0, 0.05) is 30.8 Å². The molecule has 2 heterocycles. The van der Waals surface area contributed by atoms with Crippen LogP contribution >= 0.6 is 11.3 Å². The standard InChI is InChI=1S/C21H21FN2O3S2/c1-13-11-15(22)7-8-18(13)29(26,27)24-10-9-14(12-24)19-16-5-3-4-6-17(16)28-20(19)21(25)23-2/h3-8,11,14H,9-10,12H2,1-2H3,(H,23,25)/t14-/m1/s1. The van der Waals surface area contributed by atoms with Crippen molar-refractivity contribution in [3.05, 3.63) is 64.3 Å². The molecule has 4 rings (SSSR count). The summed E-state index contributed by atoms with van der Waals surface area (Å²) >= 11 is 1.43. The first-order valence-electron chi connectivity index (χ1n) is 9.32. The van der Waals surface area contributed by atoms with Crippen LogP contribution in [0.4, 0.5) is 4.39 Å². The molecule has 1 N–H and O–H groups in total. The molecule has 1 aliphatic rings. The third-order valence-corrected chi connectivity index (χ3v) is 8.59. The number of benzene rings is 2. The lowest BCUT2D eigenvalue weighted by atomic mass is 9.95. The number of rotatable bonds is 4. The second kappa shape index (κ2) is 7.51. The Kier molecular flexibility index (Phi) is 5.18. The van der Waals surface area contributed by atoms with E-state index in [9.17, 15) is 17.6 Å². The van der Waals surface area contributed by atoms with Crippen LogP contribution in [-0.2, 0) is 10.0 Å². The van der Waals surface area contributed by atoms with Crippen LogP contribution in [-0.4, -0.2) is 38.8 Å². The lowest BCUT2D eigenvalue weighted by Crippen LogP contribution is -2.29. The van der Waals surface area contributed by atoms with E-state index in [0.29, 0.717) is 30.0 Å². The molecule has 0 bridgehead atoms. The molecular formula is C21H21FN2O3S2. The number of hydrogen-bond donors (Lipinski definition) is 1. The Morgan fingerprint density at radius 2 is 2.00 bits per heavy atom. The zero-order valence-corrected chi connectivity index (χ0v) is 17.7. The summed E-state index contributed by atoms with van der Waals surface area (Å²) in [6.07, 6.45) is 0.629. The first-order chi connectivity index (χ1) is 13.8. The fourth-order valence-electron chi connectivity index (χ4n) is 3.98. The van der Waals surface area contributed by atoms with Crippen LogP contribution in [0.5, 0.6) is 0 Å². The zero-order chi connectivity index (χ0) is 20.8. The monoisotopic (exact) mass is 432 g/mol. The van der Waals surface area contributed by atoms with Gasteiger partial charge in [0.15, 0.2) is 0 Å². The molecule has 1 amide bonds. The molecule has 0 radical (unpaired) electrons. The third kappa shape index (κ3) is 3.45. The van der Waals surface area contributed by atoms with Gasteiger partial charge < -0.3 is 5.32 Å². The topological polar surface area (TPSA) is 66.5 Å². The fraction of sp³-hybridized carbons (Fsp3) is 0.286. The minimum Gasteiger partial charge on any atom is -0.354 e. The van der Waals surface area contributed by atoms with Gasteiger partial charge in [-0.2, -0.15) is 4.31 Å². The van der Waals surface area contributed by atoms with Crippen molar-refractivity contribution in [1.29, 1.82) is 0 Å². The molecule has 0 spiro atoms. The Morgan fingerprint density at radius 1 is 1.24 bits per heavy atom. The van der Waals surface area contributed by atoms with Gasteiger partial charge in [0.05, 0.1) is 9.77 Å². The molecule has 0 aliphatic carbocycles. The maximum Gasteiger partial charge on any atom is 0.261 e. The van der Waals surface area contributed by atoms with Gasteiger partial charge in [0.1, 0.15) is 5.82 Å². The van der Waals surface area contributed by atoms with Gasteiger partial charge in [-0.25, -0.2) is 12.8 Å². The number of fused-ring (bicyclic) bond motifs is 1. The van der Waals surface area contributed by atoms with E-state index < -0.39 is 15.8 Å². The molecule has 8 heteroatoms. The second-order valence-corrected chi connectivity index (χ2v) is 10.1. The van der Waals surface area contributed by atoms with Crippen LogP contribution in [0.1, 0.15) is 33.1 Å². The van der Waals surface area contributed by atoms with E-state index in [-0.39, 0.29) is 16.7 Å². The van der Waals surface area contributed by atoms with Crippen LogP contribution in [0.25, 0.3) is 10.1 Å². The summed E-state index contributed by atoms with van der Waals surface area (Å²) in [5.41, 5.74) is 1.30. The summed E-state index contributed by atoms with van der Waals surface area (Å²) in [6, 6.07) is 11.5. The molecule has 1 atom stereocenters. The normalized spacial score (nSPS) is 17.7. The van der Waals surface area contributed by atoms with Crippen LogP contribution < -0.4 is 5.32 Å². The molecule has 29 heavy (non-hydrogen) atoms. The minimum absolute atomic E-state index is 0.0750. The molecule has 0 unspecified atom stereocenters. The van der Waals surface area contributed by atoms with E-state index in [1.807, 2.05) is 24.3 Å². The minimum atomic E-state index is -3.73. The van der Waals surface area contributed by atoms with Crippen molar-refractivity contribution in [1.82, 2.24) is 9.62 Å². The summed E-state index contributed by atoms with van der Waals surface area (Å²) < 4.78 is 42.2. The van der Waals surface area contributed by atoms with E-state index in [4.69, 9.17) is 0 Å². The highest BCUT2D eigenvalue weighted by atomic mass is 32.2. The highest BCUT2D eigenvalue weighted by Crippen LogP contribution is 2.41. The molecular weight excluding hydrogens is 411 g/mol. The molecule has 0 saturated carbocycles. The first kappa shape index (κ1) is 20.0. The molecule has 1 fully saturated rings. The highest BCUT2D eigenvalue weighted by molar-refractivity contribution is 7.89. The van der Waals surface area contributed by atoms with Crippen molar-refractivity contribution in [2.24, 2.45) is 0 Å². The Hall–Kier alpha value is -2.29. The summed E-state index contributed by atoms with van der Waals surface area (Å²) in [6.45, 7) is 2.25. The van der Waals surface area contributed by atoms with E-state index in [1.165, 1.54) is 33.8 Å². The SMILES string of the molecule is CNC(=O)c1sc2ccccc2c1[C@@H]1CCN(S(=O)(=O)c2ccc(F)cc2C)C1. The van der Waals surface area contributed by atoms with Gasteiger partial charge in [-0.3, -0.25) is 4.79 Å². The fourth-order valence-corrected chi connectivity index (χ4v) is 6.92. The van der Waals surface area contributed by atoms with E-state index in [0.717, 1.165) is 15.6 Å². The van der Waals surface area contributed by atoms with Gasteiger partial charge in [-0.15, -0.1) is 11.3 Å². The lowest BCUT2D eigenvalue weighted by molar-refractivity contribution is 0.0966. The van der Waals surface area contributed by atoms with Gasteiger partial charge >= 0.3 is 0 Å². The lowest BCUT2D eigenvalue weighted by Gasteiger charge is -2.18. The zero-order valence-electron chi connectivity index (χ0n) is 16.1. The molecule has 5 nitrogen and oxygen atoms in total. The molecule has 3 aromatic rings. The quantitative estimate of drug-likeness (QED) is 0.680. The number of aryl methyl sites for hydroxylation is 1. The highest BCUT2D eigenvalue weighted by Gasteiger charge is 2.36. The summed E-state index contributed by atoms with van der Waals surface area (Å²) in [5.74, 6) is -0.688. The van der Waals surface area contributed by atoms with Crippen molar-refractivity contribution >= 4 is 37.4 Å². The van der Waals surface area contributed by atoms with Crippen molar-refractivity contribution in [3.8, 4) is 0 Å². The maximum atomic E-state index is 13.4. The Labute approximate surface area is 173 Å². The van der Waals surface area contributed by atoms with Crippen LogP contribution in [0.15, 0.2) is 47.4 Å². The Morgan fingerprint density at radius 3 is 2.72 bits per heavy atom. The molecule has 152 valence electrons. The first-order valence-corrected chi connectivity index (χ1v) is 11.6. The van der Waals surface area contributed by atoms with Gasteiger partial charge in [-0.05, 0) is 54.1 Å². The van der Waals surface area contributed by atoms with Crippen LogP contribution in [0.3, 0.4) is 0 Å². The summed E-state index contributed by atoms with van der Waals surface area (Å²) in [7, 11) is -2.14. The third-order valence-electron chi connectivity index (χ3n) is 5.38. The number of hydrogen-bond acceptors (Lipinski definition) is 4. The maximum absolute atomic E-state index is 13.4.